The first-order valence-corrected chi connectivity index (χ1v) is 6.59. The molecule has 1 atom stereocenters. The predicted octanol–water partition coefficient (Wildman–Crippen LogP) is 1.54. The average Bonchev–Trinajstić information content (AvgIpc) is 2.60. The second-order valence-electron chi connectivity index (χ2n) is 3.76. The van der Waals surface area contributed by atoms with E-state index in [0.29, 0.717) is 30.9 Å². The number of nitrogens with zero attached hydrogens (tertiary/aromatic N) is 1. The molecule has 1 amide bonds. The van der Waals surface area contributed by atoms with Gasteiger partial charge in [-0.1, -0.05) is 34.1 Å². The second-order valence-corrected chi connectivity index (χ2v) is 4.55. The van der Waals surface area contributed by atoms with E-state index in [1.165, 1.54) is 4.90 Å². The molecule has 1 unspecified atom stereocenters. The van der Waals surface area contributed by atoms with Crippen molar-refractivity contribution in [2.24, 2.45) is 0 Å². The Labute approximate surface area is 108 Å². The van der Waals surface area contributed by atoms with Gasteiger partial charge in [0, 0.05) is 23.0 Å². The molecule has 0 spiro atoms. The number of halogens is 1. The van der Waals surface area contributed by atoms with E-state index in [-0.39, 0.29) is 5.91 Å². The van der Waals surface area contributed by atoms with Gasteiger partial charge in [-0.15, -0.1) is 0 Å². The number of carbonyl (C=O) groups is 1. The van der Waals surface area contributed by atoms with Crippen molar-refractivity contribution in [2.45, 2.75) is 6.23 Å². The number of ether oxygens (including phenoxy) is 1. The van der Waals surface area contributed by atoms with Gasteiger partial charge < -0.3 is 14.7 Å². The second kappa shape index (κ2) is 5.62. The Hall–Kier alpha value is -0.910. The van der Waals surface area contributed by atoms with E-state index in [1.54, 1.807) is 18.2 Å². The Bertz CT molecular complexity index is 410. The molecule has 0 aliphatic carbocycles. The van der Waals surface area contributed by atoms with Crippen molar-refractivity contribution in [3.05, 3.63) is 35.4 Å². The fourth-order valence-electron chi connectivity index (χ4n) is 1.89. The Kier molecular flexibility index (Phi) is 4.15. The fraction of sp³-hybridized carbons (Fsp3) is 0.417. The van der Waals surface area contributed by atoms with Crippen LogP contribution in [0.25, 0.3) is 0 Å². The van der Waals surface area contributed by atoms with Crippen LogP contribution < -0.4 is 0 Å². The molecule has 1 aromatic rings. The lowest BCUT2D eigenvalue weighted by molar-refractivity contribution is 0.00397. The minimum absolute atomic E-state index is 0.129. The Morgan fingerprint density at radius 3 is 2.82 bits per heavy atom. The first kappa shape index (κ1) is 12.5. The van der Waals surface area contributed by atoms with Crippen molar-refractivity contribution in [3.63, 3.8) is 0 Å². The number of alkyl halides is 1. The third-order valence-electron chi connectivity index (χ3n) is 2.72. The van der Waals surface area contributed by atoms with Crippen LogP contribution in [0.1, 0.15) is 22.1 Å². The molecule has 1 aliphatic rings. The normalized spacial score (nSPS) is 18.6. The molecule has 92 valence electrons. The molecular formula is C12H14BrNO3. The van der Waals surface area contributed by atoms with E-state index in [9.17, 15) is 9.90 Å². The largest absolute Gasteiger partial charge is 0.379 e. The van der Waals surface area contributed by atoms with Crippen LogP contribution in [-0.2, 0) is 4.74 Å². The van der Waals surface area contributed by atoms with Crippen LogP contribution in [0.3, 0.4) is 0 Å². The quantitative estimate of drug-likeness (QED) is 0.663. The fourth-order valence-corrected chi connectivity index (χ4v) is 2.12. The molecule has 5 heteroatoms. The van der Waals surface area contributed by atoms with Crippen molar-refractivity contribution in [1.29, 1.82) is 0 Å². The highest BCUT2D eigenvalue weighted by Crippen LogP contribution is 2.30. The van der Waals surface area contributed by atoms with Gasteiger partial charge >= 0.3 is 0 Å². The number of aliphatic hydroxyl groups excluding tert-OH is 1. The van der Waals surface area contributed by atoms with Crippen LogP contribution in [0.2, 0.25) is 0 Å². The summed E-state index contributed by atoms with van der Waals surface area (Å²) in [6.07, 6.45) is -0.841. The van der Waals surface area contributed by atoms with Crippen LogP contribution in [-0.4, -0.2) is 41.0 Å². The number of carbonyl (C=O) groups excluding carboxylic acids is 1. The summed E-state index contributed by atoms with van der Waals surface area (Å²) in [4.78, 5) is 13.4. The minimum Gasteiger partial charge on any atom is -0.379 e. The van der Waals surface area contributed by atoms with Gasteiger partial charge in [0.25, 0.3) is 5.91 Å². The van der Waals surface area contributed by atoms with E-state index in [0.717, 1.165) is 5.33 Å². The number of amides is 1. The minimum atomic E-state index is -0.841. The van der Waals surface area contributed by atoms with Gasteiger partial charge in [-0.3, -0.25) is 4.79 Å². The van der Waals surface area contributed by atoms with E-state index in [2.05, 4.69) is 15.9 Å². The summed E-state index contributed by atoms with van der Waals surface area (Å²) in [5.74, 6) is -0.129. The molecule has 0 saturated heterocycles. The average molecular weight is 300 g/mol. The van der Waals surface area contributed by atoms with Crippen molar-refractivity contribution in [3.8, 4) is 0 Å². The zero-order valence-electron chi connectivity index (χ0n) is 9.30. The van der Waals surface area contributed by atoms with Gasteiger partial charge in [-0.2, -0.15) is 0 Å². The highest BCUT2D eigenvalue weighted by molar-refractivity contribution is 9.09. The van der Waals surface area contributed by atoms with Crippen molar-refractivity contribution >= 4 is 21.8 Å². The zero-order valence-corrected chi connectivity index (χ0v) is 10.9. The number of benzene rings is 1. The molecule has 0 bridgehead atoms. The van der Waals surface area contributed by atoms with Gasteiger partial charge in [-0.25, -0.2) is 0 Å². The van der Waals surface area contributed by atoms with Crippen LogP contribution in [0.4, 0.5) is 0 Å². The van der Waals surface area contributed by atoms with Crippen molar-refractivity contribution < 1.29 is 14.6 Å². The topological polar surface area (TPSA) is 49.8 Å². The summed E-state index contributed by atoms with van der Waals surface area (Å²) in [5, 5.41) is 10.8. The van der Waals surface area contributed by atoms with Gasteiger partial charge in [0.1, 0.15) is 0 Å². The van der Waals surface area contributed by atoms with Crippen LogP contribution in [0.5, 0.6) is 0 Å². The van der Waals surface area contributed by atoms with Gasteiger partial charge in [0.15, 0.2) is 6.23 Å². The number of fused-ring (bicyclic) bond motifs is 1. The summed E-state index contributed by atoms with van der Waals surface area (Å²) in [6.45, 7) is 1.44. The highest BCUT2D eigenvalue weighted by atomic mass is 79.9. The Balaban J connectivity index is 2.00. The lowest BCUT2D eigenvalue weighted by atomic mass is 10.1. The summed E-state index contributed by atoms with van der Waals surface area (Å²) >= 11 is 3.26. The van der Waals surface area contributed by atoms with Crippen molar-refractivity contribution in [1.82, 2.24) is 4.90 Å². The maximum absolute atomic E-state index is 12.0. The first-order chi connectivity index (χ1) is 8.25. The van der Waals surface area contributed by atoms with Crippen LogP contribution in [0, 0.1) is 0 Å². The smallest absolute Gasteiger partial charge is 0.256 e. The molecule has 2 rings (SSSR count). The molecule has 1 aliphatic heterocycles. The lowest BCUT2D eigenvalue weighted by Gasteiger charge is -2.20. The number of hydrogen-bond donors (Lipinski definition) is 1. The Morgan fingerprint density at radius 1 is 1.35 bits per heavy atom. The van der Waals surface area contributed by atoms with Crippen molar-refractivity contribution in [2.75, 3.05) is 25.1 Å². The van der Waals surface area contributed by atoms with E-state index < -0.39 is 6.23 Å². The molecule has 1 heterocycles. The summed E-state index contributed by atoms with van der Waals surface area (Å²) in [6, 6.07) is 7.13. The highest BCUT2D eigenvalue weighted by Gasteiger charge is 2.34. The number of aliphatic hydroxyl groups is 1. The summed E-state index contributed by atoms with van der Waals surface area (Å²) in [5.41, 5.74) is 1.26. The number of hydrogen-bond acceptors (Lipinski definition) is 3. The van der Waals surface area contributed by atoms with Gasteiger partial charge in [0.05, 0.1) is 13.2 Å². The molecule has 0 saturated carbocycles. The Morgan fingerprint density at radius 2 is 2.12 bits per heavy atom. The summed E-state index contributed by atoms with van der Waals surface area (Å²) in [7, 11) is 0. The zero-order chi connectivity index (χ0) is 12.3. The standard InChI is InChI=1S/C12H14BrNO3/c13-5-7-17-8-6-14-11(15)9-3-1-2-4-10(9)12(14)16/h1-4,11,15H,5-8H2. The summed E-state index contributed by atoms with van der Waals surface area (Å²) < 4.78 is 5.29. The maximum atomic E-state index is 12.0. The van der Waals surface area contributed by atoms with Crippen LogP contribution >= 0.6 is 15.9 Å². The maximum Gasteiger partial charge on any atom is 0.256 e. The van der Waals surface area contributed by atoms with E-state index >= 15 is 0 Å². The first-order valence-electron chi connectivity index (χ1n) is 5.47. The molecule has 1 aromatic carbocycles. The molecule has 1 N–H and O–H groups in total. The molecule has 0 fully saturated rings. The molecular weight excluding hydrogens is 286 g/mol. The van der Waals surface area contributed by atoms with E-state index in [4.69, 9.17) is 4.74 Å². The third kappa shape index (κ3) is 2.51. The third-order valence-corrected chi connectivity index (χ3v) is 3.05. The predicted molar refractivity (Wildman–Crippen MR) is 67.1 cm³/mol. The number of rotatable bonds is 5. The monoisotopic (exact) mass is 299 g/mol. The lowest BCUT2D eigenvalue weighted by Crippen LogP contribution is -2.31. The van der Waals surface area contributed by atoms with E-state index in [1.807, 2.05) is 6.07 Å². The van der Waals surface area contributed by atoms with Crippen LogP contribution in [0.15, 0.2) is 24.3 Å². The molecule has 17 heavy (non-hydrogen) atoms. The molecule has 4 nitrogen and oxygen atoms in total. The van der Waals surface area contributed by atoms with Gasteiger partial charge in [0.2, 0.25) is 0 Å². The van der Waals surface area contributed by atoms with Gasteiger partial charge in [-0.05, 0) is 6.07 Å². The molecule has 0 radical (unpaired) electrons. The SMILES string of the molecule is O=C1c2ccccc2C(O)N1CCOCCBr. The molecule has 0 aromatic heterocycles.